The number of benzene rings is 1. The molecule has 25 heavy (non-hydrogen) atoms. The van der Waals surface area contributed by atoms with Crippen molar-refractivity contribution in [2.24, 2.45) is 30.7 Å². The van der Waals surface area contributed by atoms with Crippen LogP contribution in [0.5, 0.6) is 5.75 Å². The molecule has 3 heterocycles. The number of hydrogen-bond donors (Lipinski definition) is 4. The van der Waals surface area contributed by atoms with Crippen molar-refractivity contribution >= 4 is 17.1 Å². The second-order valence-electron chi connectivity index (χ2n) is 7.23. The molecule has 4 N–H and O–H groups in total. The molecule has 1 aromatic rings. The maximum atomic E-state index is 10.6. The lowest BCUT2D eigenvalue weighted by atomic mass is 10.1. The van der Waals surface area contributed by atoms with Gasteiger partial charge in [-0.3, -0.25) is 0 Å². The van der Waals surface area contributed by atoms with Crippen LogP contribution in [0.3, 0.4) is 0 Å². The van der Waals surface area contributed by atoms with Gasteiger partial charge in [-0.05, 0) is 32.9 Å². The Kier molecular flexibility index (Phi) is 3.21. The van der Waals surface area contributed by atoms with E-state index in [1.807, 2.05) is 32.9 Å². The van der Waals surface area contributed by atoms with E-state index in [1.165, 1.54) is 0 Å². The number of nitrogens with zero attached hydrogens (tertiary/aromatic N) is 6. The van der Waals surface area contributed by atoms with Gasteiger partial charge >= 0.3 is 0 Å². The lowest BCUT2D eigenvalue weighted by molar-refractivity contribution is 0.478. The third-order valence-corrected chi connectivity index (χ3v) is 4.29. The zero-order chi connectivity index (χ0) is 17.7. The minimum Gasteiger partial charge on any atom is -0.504 e. The summed E-state index contributed by atoms with van der Waals surface area (Å²) in [6.45, 7) is 7.44. The highest BCUT2D eigenvalue weighted by Crippen LogP contribution is 2.39. The molecule has 0 amide bonds. The minimum absolute atomic E-state index is 0.144. The van der Waals surface area contributed by atoms with Crippen LogP contribution in [0.1, 0.15) is 20.8 Å². The molecule has 0 unspecified atom stereocenters. The first-order valence-corrected chi connectivity index (χ1v) is 8.19. The molecular weight excluding hydrogens is 322 g/mol. The summed E-state index contributed by atoms with van der Waals surface area (Å²) in [5.41, 5.74) is 0.916. The fraction of sp³-hybridized carbons (Fsp3) is 0.600. The fourth-order valence-corrected chi connectivity index (χ4v) is 2.27. The second-order valence-corrected chi connectivity index (χ2v) is 7.23. The van der Waals surface area contributed by atoms with Crippen molar-refractivity contribution in [1.29, 1.82) is 0 Å². The monoisotopic (exact) mass is 343 g/mol. The Balaban J connectivity index is 1.49. The predicted molar refractivity (Wildman–Crippen MR) is 93.4 cm³/mol. The molecule has 132 valence electrons. The molecule has 0 spiro atoms. The maximum absolute atomic E-state index is 10.6. The summed E-state index contributed by atoms with van der Waals surface area (Å²) in [6, 6.07) is 3.71. The van der Waals surface area contributed by atoms with Gasteiger partial charge in [0.2, 0.25) is 17.0 Å². The quantitative estimate of drug-likeness (QED) is 0.405. The number of phenols is 1. The van der Waals surface area contributed by atoms with Crippen LogP contribution in [0.15, 0.2) is 42.8 Å². The number of anilines is 3. The Bertz CT molecular complexity index is 733. The molecule has 0 aromatic heterocycles. The number of phenolic OH excluding ortho intramolecular Hbond substituents is 1. The van der Waals surface area contributed by atoms with Crippen molar-refractivity contribution in [2.75, 3.05) is 35.6 Å². The normalized spacial score (nSPS) is 21.7. The van der Waals surface area contributed by atoms with E-state index in [1.54, 1.807) is 0 Å². The Labute approximate surface area is 144 Å². The molecule has 0 fully saturated rings. The van der Waals surface area contributed by atoms with Crippen LogP contribution in [0, 0.1) is 0 Å². The van der Waals surface area contributed by atoms with Crippen LogP contribution in [-0.2, 0) is 0 Å². The van der Waals surface area contributed by atoms with Crippen LogP contribution in [0.25, 0.3) is 0 Å². The van der Waals surface area contributed by atoms with E-state index in [9.17, 15) is 5.11 Å². The lowest BCUT2D eigenvalue weighted by Crippen LogP contribution is -2.22. The van der Waals surface area contributed by atoms with Gasteiger partial charge in [-0.2, -0.15) is 30.7 Å². The highest BCUT2D eigenvalue weighted by Gasteiger charge is 2.36. The smallest absolute Gasteiger partial charge is 0.205 e. The fourth-order valence-electron chi connectivity index (χ4n) is 2.27. The molecule has 3 aliphatic rings. The molecule has 0 saturated heterocycles. The molecule has 3 aliphatic heterocycles. The van der Waals surface area contributed by atoms with Gasteiger partial charge in [0, 0.05) is 5.69 Å². The standard InChI is InChI=1S/C15H21N9O/c1-13(19-20-13)6-16-9-4-10(17-7-14(2)21-22-14)12(25)11(5-9)18-8-15(3)23-24-15/h4-5,16-18,25H,6-8H2,1-3H3. The second kappa shape index (κ2) is 5.11. The van der Waals surface area contributed by atoms with Crippen molar-refractivity contribution in [2.45, 2.75) is 37.8 Å². The molecule has 1 aromatic carbocycles. The van der Waals surface area contributed by atoms with E-state index >= 15 is 0 Å². The number of hydrogen-bond acceptors (Lipinski definition) is 10. The minimum atomic E-state index is -0.401. The van der Waals surface area contributed by atoms with E-state index in [4.69, 9.17) is 0 Å². The molecule has 0 aliphatic carbocycles. The summed E-state index contributed by atoms with van der Waals surface area (Å²) in [4.78, 5) is 0. The predicted octanol–water partition coefficient (Wildman–Crippen LogP) is 3.17. The number of rotatable bonds is 9. The van der Waals surface area contributed by atoms with Gasteiger partial charge in [0.15, 0.2) is 5.75 Å². The van der Waals surface area contributed by atoms with Crippen LogP contribution in [-0.4, -0.2) is 41.7 Å². The van der Waals surface area contributed by atoms with E-state index in [2.05, 4.69) is 46.6 Å². The Hall–Kier alpha value is -2.78. The van der Waals surface area contributed by atoms with E-state index in [-0.39, 0.29) is 11.4 Å². The third-order valence-electron chi connectivity index (χ3n) is 4.29. The Morgan fingerprint density at radius 2 is 1.08 bits per heavy atom. The third kappa shape index (κ3) is 3.67. The molecule has 0 bridgehead atoms. The van der Waals surface area contributed by atoms with Gasteiger partial charge < -0.3 is 21.1 Å². The summed E-state index contributed by atoms with van der Waals surface area (Å²) in [5, 5.41) is 44.2. The van der Waals surface area contributed by atoms with Crippen molar-refractivity contribution in [3.05, 3.63) is 12.1 Å². The van der Waals surface area contributed by atoms with Crippen molar-refractivity contribution < 1.29 is 5.11 Å². The van der Waals surface area contributed by atoms with Gasteiger partial charge in [0.1, 0.15) is 0 Å². The highest BCUT2D eigenvalue weighted by molar-refractivity contribution is 5.77. The Morgan fingerprint density at radius 3 is 1.44 bits per heavy atom. The van der Waals surface area contributed by atoms with E-state index in [0.29, 0.717) is 31.0 Å². The van der Waals surface area contributed by atoms with Crippen LogP contribution in [0.2, 0.25) is 0 Å². The first kappa shape index (κ1) is 15.7. The van der Waals surface area contributed by atoms with Crippen molar-refractivity contribution in [1.82, 2.24) is 0 Å². The highest BCUT2D eigenvalue weighted by atomic mass is 16.3. The lowest BCUT2D eigenvalue weighted by Gasteiger charge is -2.18. The van der Waals surface area contributed by atoms with Gasteiger partial charge in [-0.1, -0.05) is 0 Å². The zero-order valence-corrected chi connectivity index (χ0v) is 14.4. The van der Waals surface area contributed by atoms with Crippen LogP contribution < -0.4 is 16.0 Å². The van der Waals surface area contributed by atoms with Crippen molar-refractivity contribution in [3.8, 4) is 5.75 Å². The molecular formula is C15H21N9O. The summed E-state index contributed by atoms with van der Waals surface area (Å²) in [6.07, 6.45) is 0. The summed E-state index contributed by atoms with van der Waals surface area (Å²) in [5.74, 6) is 0.144. The molecule has 0 saturated carbocycles. The van der Waals surface area contributed by atoms with Gasteiger partial charge in [-0.25, -0.2) is 0 Å². The summed E-state index contributed by atoms with van der Waals surface area (Å²) >= 11 is 0. The topological polar surface area (TPSA) is 130 Å². The molecule has 0 radical (unpaired) electrons. The summed E-state index contributed by atoms with van der Waals surface area (Å²) < 4.78 is 0. The molecule has 10 nitrogen and oxygen atoms in total. The first-order valence-electron chi connectivity index (χ1n) is 8.19. The van der Waals surface area contributed by atoms with Gasteiger partial charge in [0.25, 0.3) is 0 Å². The van der Waals surface area contributed by atoms with Crippen LogP contribution >= 0.6 is 0 Å². The largest absolute Gasteiger partial charge is 0.504 e. The van der Waals surface area contributed by atoms with Crippen LogP contribution in [0.4, 0.5) is 17.1 Å². The Morgan fingerprint density at radius 1 is 0.720 bits per heavy atom. The van der Waals surface area contributed by atoms with Gasteiger partial charge in [0.05, 0.1) is 31.0 Å². The number of aromatic hydroxyl groups is 1. The number of nitrogens with one attached hydrogen (secondary N) is 3. The average Bonchev–Trinajstić information content (AvgIpc) is 3.49. The van der Waals surface area contributed by atoms with E-state index in [0.717, 1.165) is 5.69 Å². The maximum Gasteiger partial charge on any atom is 0.205 e. The zero-order valence-electron chi connectivity index (χ0n) is 14.4. The van der Waals surface area contributed by atoms with Crippen molar-refractivity contribution in [3.63, 3.8) is 0 Å². The SMILES string of the molecule is CC1(CNc2cc(NCC3(C)N=N3)c(O)c(NCC3(C)N=N3)c2)N=N1. The average molecular weight is 343 g/mol. The molecule has 0 atom stereocenters. The van der Waals surface area contributed by atoms with E-state index < -0.39 is 11.3 Å². The van der Waals surface area contributed by atoms with Gasteiger partial charge in [-0.15, -0.1) is 0 Å². The molecule has 10 heteroatoms. The summed E-state index contributed by atoms with van der Waals surface area (Å²) in [7, 11) is 0. The first-order chi connectivity index (χ1) is 11.8. The molecule has 4 rings (SSSR count).